The summed E-state index contributed by atoms with van der Waals surface area (Å²) in [4.78, 5) is 0. The zero-order valence-electron chi connectivity index (χ0n) is 6.56. The van der Waals surface area contributed by atoms with Crippen LogP contribution < -0.4 is 0 Å². The lowest BCUT2D eigenvalue weighted by atomic mass is 10.1. The Morgan fingerprint density at radius 2 is 2.17 bits per heavy atom. The van der Waals surface area contributed by atoms with Gasteiger partial charge < -0.3 is 0 Å². The van der Waals surface area contributed by atoms with Gasteiger partial charge in [0.25, 0.3) is 0 Å². The first-order chi connectivity index (χ1) is 5.74. The quantitative estimate of drug-likeness (QED) is 0.786. The van der Waals surface area contributed by atoms with Crippen molar-refractivity contribution >= 4 is 40.2 Å². The molecule has 0 spiro atoms. The van der Waals surface area contributed by atoms with Crippen molar-refractivity contribution in [3.8, 4) is 0 Å². The molecule has 1 rings (SSSR count). The molecule has 1 aromatic carbocycles. The molecule has 0 aromatic heterocycles. The van der Waals surface area contributed by atoms with E-state index < -0.39 is 0 Å². The molecule has 1 aromatic rings. The van der Waals surface area contributed by atoms with Crippen LogP contribution in [0, 0.1) is 0 Å². The highest BCUT2D eigenvalue weighted by atomic mass is 79.9. The molecule has 0 aliphatic carbocycles. The summed E-state index contributed by atoms with van der Waals surface area (Å²) >= 11 is 13.4. The molecular formula is C9H10BrClS. The van der Waals surface area contributed by atoms with Crippen LogP contribution in [0.1, 0.15) is 12.0 Å². The van der Waals surface area contributed by atoms with Crippen molar-refractivity contribution < 1.29 is 0 Å². The zero-order valence-corrected chi connectivity index (χ0v) is 9.79. The number of hydrogen-bond donors (Lipinski definition) is 1. The van der Waals surface area contributed by atoms with E-state index in [4.69, 9.17) is 11.6 Å². The molecule has 66 valence electrons. The van der Waals surface area contributed by atoms with E-state index in [-0.39, 0.29) is 0 Å². The van der Waals surface area contributed by atoms with Gasteiger partial charge in [-0.1, -0.05) is 33.6 Å². The van der Waals surface area contributed by atoms with Crippen molar-refractivity contribution in [2.45, 2.75) is 12.8 Å². The number of halogens is 2. The van der Waals surface area contributed by atoms with Gasteiger partial charge in [-0.25, -0.2) is 0 Å². The minimum Gasteiger partial charge on any atom is -0.179 e. The molecule has 0 heterocycles. The fraction of sp³-hybridized carbons (Fsp3) is 0.333. The Hall–Kier alpha value is 0.340. The minimum atomic E-state index is 0.775. The molecule has 0 amide bonds. The summed E-state index contributed by atoms with van der Waals surface area (Å²) in [7, 11) is 0. The van der Waals surface area contributed by atoms with Crippen LogP contribution in [0.5, 0.6) is 0 Å². The summed E-state index contributed by atoms with van der Waals surface area (Å²) < 4.78 is 1.09. The molecule has 0 atom stereocenters. The van der Waals surface area contributed by atoms with Gasteiger partial charge in [0.2, 0.25) is 0 Å². The van der Waals surface area contributed by atoms with Gasteiger partial charge in [-0.15, -0.1) is 0 Å². The lowest BCUT2D eigenvalue weighted by Gasteiger charge is -2.02. The molecular weight excluding hydrogens is 256 g/mol. The number of hydrogen-bond acceptors (Lipinski definition) is 1. The molecule has 0 aliphatic heterocycles. The third-order valence-electron chi connectivity index (χ3n) is 1.62. The van der Waals surface area contributed by atoms with E-state index in [1.807, 2.05) is 12.1 Å². The number of rotatable bonds is 3. The third kappa shape index (κ3) is 3.00. The fourth-order valence-electron chi connectivity index (χ4n) is 0.994. The van der Waals surface area contributed by atoms with E-state index >= 15 is 0 Å². The van der Waals surface area contributed by atoms with Crippen LogP contribution in [0.4, 0.5) is 0 Å². The SMILES string of the molecule is SCCCc1ccc(Cl)cc1Br. The lowest BCUT2D eigenvalue weighted by molar-refractivity contribution is 0.931. The first-order valence-corrected chi connectivity index (χ1v) is 5.59. The summed E-state index contributed by atoms with van der Waals surface area (Å²) in [6.45, 7) is 0. The molecule has 0 saturated heterocycles. The Morgan fingerprint density at radius 3 is 2.75 bits per heavy atom. The van der Waals surface area contributed by atoms with Crippen molar-refractivity contribution in [1.82, 2.24) is 0 Å². The van der Waals surface area contributed by atoms with Crippen LogP contribution >= 0.6 is 40.2 Å². The van der Waals surface area contributed by atoms with E-state index in [0.29, 0.717) is 0 Å². The van der Waals surface area contributed by atoms with Gasteiger partial charge in [0, 0.05) is 9.50 Å². The van der Waals surface area contributed by atoms with Gasteiger partial charge in [0.05, 0.1) is 0 Å². The van der Waals surface area contributed by atoms with E-state index in [9.17, 15) is 0 Å². The second kappa shape index (κ2) is 5.15. The Kier molecular flexibility index (Phi) is 4.47. The normalized spacial score (nSPS) is 10.2. The second-order valence-electron chi connectivity index (χ2n) is 2.56. The summed E-state index contributed by atoms with van der Waals surface area (Å²) in [6, 6.07) is 5.89. The van der Waals surface area contributed by atoms with Gasteiger partial charge in [-0.2, -0.15) is 12.6 Å². The first-order valence-electron chi connectivity index (χ1n) is 3.79. The molecule has 0 N–H and O–H groups in total. The second-order valence-corrected chi connectivity index (χ2v) is 4.30. The van der Waals surface area contributed by atoms with Crippen molar-refractivity contribution in [2.24, 2.45) is 0 Å². The molecule has 0 radical (unpaired) electrons. The topological polar surface area (TPSA) is 0 Å². The average Bonchev–Trinajstić information content (AvgIpc) is 2.03. The number of aryl methyl sites for hydroxylation is 1. The van der Waals surface area contributed by atoms with Crippen LogP contribution in [-0.2, 0) is 6.42 Å². The molecule has 0 fully saturated rings. The van der Waals surface area contributed by atoms with Gasteiger partial charge in [0.15, 0.2) is 0 Å². The lowest BCUT2D eigenvalue weighted by Crippen LogP contribution is -1.87. The van der Waals surface area contributed by atoms with Crippen LogP contribution in [0.2, 0.25) is 5.02 Å². The van der Waals surface area contributed by atoms with Gasteiger partial charge >= 0.3 is 0 Å². The maximum absolute atomic E-state index is 5.81. The molecule has 0 saturated carbocycles. The Morgan fingerprint density at radius 1 is 1.42 bits per heavy atom. The Bertz CT molecular complexity index is 263. The largest absolute Gasteiger partial charge is 0.179 e. The highest BCUT2D eigenvalue weighted by Crippen LogP contribution is 2.22. The predicted molar refractivity (Wildman–Crippen MR) is 61.3 cm³/mol. The summed E-state index contributed by atoms with van der Waals surface area (Å²) in [5, 5.41) is 0.775. The van der Waals surface area contributed by atoms with E-state index in [1.54, 1.807) is 0 Å². The molecule has 0 nitrogen and oxygen atoms in total. The summed E-state index contributed by atoms with van der Waals surface area (Å²) in [5.74, 6) is 0.926. The predicted octanol–water partition coefficient (Wildman–Crippen LogP) is 3.96. The van der Waals surface area contributed by atoms with E-state index in [0.717, 1.165) is 28.1 Å². The number of thiol groups is 1. The smallest absolute Gasteiger partial charge is 0.0417 e. The highest BCUT2D eigenvalue weighted by Gasteiger charge is 1.99. The van der Waals surface area contributed by atoms with Crippen molar-refractivity contribution in [3.05, 3.63) is 33.3 Å². The van der Waals surface area contributed by atoms with Crippen LogP contribution in [0.15, 0.2) is 22.7 Å². The summed E-state index contributed by atoms with van der Waals surface area (Å²) in [6.07, 6.45) is 2.16. The standard InChI is InChI=1S/C9H10BrClS/c10-9-6-8(11)4-3-7(9)2-1-5-12/h3-4,6,12H,1-2,5H2. The number of benzene rings is 1. The molecule has 0 unspecified atom stereocenters. The maximum atomic E-state index is 5.81. The maximum Gasteiger partial charge on any atom is 0.0417 e. The van der Waals surface area contributed by atoms with Crippen molar-refractivity contribution in [2.75, 3.05) is 5.75 Å². The van der Waals surface area contributed by atoms with Crippen molar-refractivity contribution in [3.63, 3.8) is 0 Å². The fourth-order valence-corrected chi connectivity index (χ4v) is 2.03. The van der Waals surface area contributed by atoms with Crippen LogP contribution in [0.3, 0.4) is 0 Å². The third-order valence-corrected chi connectivity index (χ3v) is 2.91. The van der Waals surface area contributed by atoms with Gasteiger partial charge in [-0.3, -0.25) is 0 Å². The summed E-state index contributed by atoms with van der Waals surface area (Å²) in [5.41, 5.74) is 1.30. The minimum absolute atomic E-state index is 0.775. The Balaban J connectivity index is 2.72. The highest BCUT2D eigenvalue weighted by molar-refractivity contribution is 9.10. The molecule has 0 aliphatic rings. The van der Waals surface area contributed by atoms with E-state index in [1.165, 1.54) is 5.56 Å². The van der Waals surface area contributed by atoms with Gasteiger partial charge in [-0.05, 0) is 36.3 Å². The first kappa shape index (κ1) is 10.4. The van der Waals surface area contributed by atoms with Crippen LogP contribution in [0.25, 0.3) is 0 Å². The average molecular weight is 266 g/mol. The van der Waals surface area contributed by atoms with Gasteiger partial charge in [0.1, 0.15) is 0 Å². The Labute approximate surface area is 91.9 Å². The van der Waals surface area contributed by atoms with Crippen molar-refractivity contribution in [1.29, 1.82) is 0 Å². The van der Waals surface area contributed by atoms with E-state index in [2.05, 4.69) is 34.6 Å². The van der Waals surface area contributed by atoms with Crippen LogP contribution in [-0.4, -0.2) is 5.75 Å². The molecule has 0 bridgehead atoms. The molecule has 3 heteroatoms. The zero-order chi connectivity index (χ0) is 8.97. The monoisotopic (exact) mass is 264 g/mol. The molecule has 12 heavy (non-hydrogen) atoms.